The largest absolute Gasteiger partial charge is 0.497 e. The van der Waals surface area contributed by atoms with Gasteiger partial charge >= 0.3 is 0 Å². The number of rotatable bonds is 7. The van der Waals surface area contributed by atoms with E-state index in [1.54, 1.807) is 20.4 Å². The molecule has 8 heteroatoms. The molecule has 3 rings (SSSR count). The van der Waals surface area contributed by atoms with Crippen LogP contribution in [0.2, 0.25) is 0 Å². The van der Waals surface area contributed by atoms with Crippen LogP contribution in [-0.4, -0.2) is 34.4 Å². The van der Waals surface area contributed by atoms with Crippen LogP contribution in [0, 0.1) is 0 Å². The predicted octanol–water partition coefficient (Wildman–Crippen LogP) is 3.89. The quantitative estimate of drug-likeness (QED) is 0.640. The highest BCUT2D eigenvalue weighted by Crippen LogP contribution is 2.32. The zero-order valence-electron chi connectivity index (χ0n) is 14.6. The predicted molar refractivity (Wildman–Crippen MR) is 95.1 cm³/mol. The van der Waals surface area contributed by atoms with Gasteiger partial charge in [-0.05, 0) is 12.1 Å². The summed E-state index contributed by atoms with van der Waals surface area (Å²) in [6, 6.07) is 5.55. The maximum atomic E-state index is 5.69. The summed E-state index contributed by atoms with van der Waals surface area (Å²) in [6.07, 6.45) is 1.77. The molecule has 0 saturated carbocycles. The zero-order valence-corrected chi connectivity index (χ0v) is 15.4. The Balaban J connectivity index is 1.72. The van der Waals surface area contributed by atoms with Crippen LogP contribution in [0.4, 0.5) is 0 Å². The standard InChI is InChI=1S/C17H20N4O3S/c1-10(2)14-8-18-15(24-14)9-25-17-19-16(20-21-17)12-6-5-11(22-3)7-13(12)23-4/h5-8,10H,9H2,1-4H3,(H,19,20,21). The molecule has 0 fully saturated rings. The number of hydrogen-bond donors (Lipinski definition) is 1. The van der Waals surface area contributed by atoms with Gasteiger partial charge in [0, 0.05) is 12.0 Å². The smallest absolute Gasteiger partial charge is 0.209 e. The van der Waals surface area contributed by atoms with Crippen LogP contribution in [-0.2, 0) is 5.75 Å². The van der Waals surface area contributed by atoms with Gasteiger partial charge in [0.05, 0.1) is 31.7 Å². The van der Waals surface area contributed by atoms with E-state index >= 15 is 0 Å². The van der Waals surface area contributed by atoms with Gasteiger partial charge in [-0.3, -0.25) is 5.10 Å². The number of oxazole rings is 1. The van der Waals surface area contributed by atoms with Gasteiger partial charge in [0.15, 0.2) is 5.82 Å². The lowest BCUT2D eigenvalue weighted by Crippen LogP contribution is -1.91. The van der Waals surface area contributed by atoms with Gasteiger partial charge in [0.25, 0.3) is 0 Å². The minimum atomic E-state index is 0.323. The maximum Gasteiger partial charge on any atom is 0.209 e. The van der Waals surface area contributed by atoms with Gasteiger partial charge < -0.3 is 13.9 Å². The molecule has 3 aromatic rings. The molecule has 1 N–H and O–H groups in total. The van der Waals surface area contributed by atoms with Gasteiger partial charge in [-0.1, -0.05) is 25.6 Å². The van der Waals surface area contributed by atoms with E-state index in [0.29, 0.717) is 34.3 Å². The summed E-state index contributed by atoms with van der Waals surface area (Å²) in [7, 11) is 3.23. The third-order valence-corrected chi connectivity index (χ3v) is 4.43. The molecule has 25 heavy (non-hydrogen) atoms. The first-order valence-corrected chi connectivity index (χ1v) is 8.81. The van der Waals surface area contributed by atoms with Crippen molar-refractivity contribution < 1.29 is 13.9 Å². The van der Waals surface area contributed by atoms with Gasteiger partial charge in [-0.25, -0.2) is 9.97 Å². The minimum absolute atomic E-state index is 0.323. The number of nitrogens with one attached hydrogen (secondary N) is 1. The molecule has 0 unspecified atom stereocenters. The lowest BCUT2D eigenvalue weighted by atomic mass is 10.2. The van der Waals surface area contributed by atoms with Crippen LogP contribution < -0.4 is 9.47 Å². The highest BCUT2D eigenvalue weighted by atomic mass is 32.2. The molecule has 7 nitrogen and oxygen atoms in total. The fourth-order valence-corrected chi connectivity index (χ4v) is 2.86. The van der Waals surface area contributed by atoms with Gasteiger partial charge in [-0.2, -0.15) is 0 Å². The molecule has 132 valence electrons. The molecule has 0 radical (unpaired) electrons. The second kappa shape index (κ2) is 7.60. The van der Waals surface area contributed by atoms with E-state index in [2.05, 4.69) is 34.0 Å². The Morgan fingerprint density at radius 1 is 1.24 bits per heavy atom. The van der Waals surface area contributed by atoms with E-state index in [4.69, 9.17) is 13.9 Å². The van der Waals surface area contributed by atoms with Crippen molar-refractivity contribution in [3.63, 3.8) is 0 Å². The Labute approximate surface area is 150 Å². The fraction of sp³-hybridized carbons (Fsp3) is 0.353. The van der Waals surface area contributed by atoms with E-state index in [1.165, 1.54) is 11.8 Å². The van der Waals surface area contributed by atoms with Crippen molar-refractivity contribution in [3.05, 3.63) is 36.0 Å². The van der Waals surface area contributed by atoms with E-state index in [1.807, 2.05) is 18.2 Å². The first-order chi connectivity index (χ1) is 12.1. The average Bonchev–Trinajstić information content (AvgIpc) is 3.28. The van der Waals surface area contributed by atoms with Crippen LogP contribution in [0.1, 0.15) is 31.4 Å². The molecule has 0 bridgehead atoms. The maximum absolute atomic E-state index is 5.69. The number of aromatic nitrogens is 4. The zero-order chi connectivity index (χ0) is 17.8. The van der Waals surface area contributed by atoms with Crippen LogP contribution in [0.15, 0.2) is 34.0 Å². The molecule has 0 aliphatic carbocycles. The second-order valence-corrected chi connectivity index (χ2v) is 6.58. The number of methoxy groups -OCH3 is 2. The van der Waals surface area contributed by atoms with Gasteiger partial charge in [-0.15, -0.1) is 5.10 Å². The summed E-state index contributed by atoms with van der Waals surface area (Å²) in [4.78, 5) is 8.78. The van der Waals surface area contributed by atoms with Crippen molar-refractivity contribution in [1.29, 1.82) is 0 Å². The van der Waals surface area contributed by atoms with Crippen LogP contribution in [0.25, 0.3) is 11.4 Å². The highest BCUT2D eigenvalue weighted by molar-refractivity contribution is 7.98. The molecular weight excluding hydrogens is 340 g/mol. The van der Waals surface area contributed by atoms with Crippen molar-refractivity contribution in [2.45, 2.75) is 30.7 Å². The average molecular weight is 360 g/mol. The summed E-state index contributed by atoms with van der Waals surface area (Å²) in [5, 5.41) is 7.80. The minimum Gasteiger partial charge on any atom is -0.497 e. The van der Waals surface area contributed by atoms with E-state index in [-0.39, 0.29) is 0 Å². The summed E-state index contributed by atoms with van der Waals surface area (Å²) in [5.74, 6) is 4.47. The molecular formula is C17H20N4O3S. The lowest BCUT2D eigenvalue weighted by Gasteiger charge is -2.07. The Hall–Kier alpha value is -2.48. The first-order valence-electron chi connectivity index (χ1n) is 7.83. The third kappa shape index (κ3) is 3.96. The Kier molecular flexibility index (Phi) is 5.28. The molecule has 2 aromatic heterocycles. The Morgan fingerprint density at radius 2 is 2.08 bits per heavy atom. The van der Waals surface area contributed by atoms with Crippen LogP contribution in [0.5, 0.6) is 11.5 Å². The van der Waals surface area contributed by atoms with Crippen molar-refractivity contribution in [2.75, 3.05) is 14.2 Å². The summed E-state index contributed by atoms with van der Waals surface area (Å²) in [6.45, 7) is 4.14. The summed E-state index contributed by atoms with van der Waals surface area (Å²) >= 11 is 1.46. The van der Waals surface area contributed by atoms with E-state index in [9.17, 15) is 0 Å². The van der Waals surface area contributed by atoms with Crippen molar-refractivity contribution in [1.82, 2.24) is 20.2 Å². The number of benzene rings is 1. The number of ether oxygens (including phenoxy) is 2. The molecule has 0 aliphatic rings. The second-order valence-electron chi connectivity index (χ2n) is 5.63. The molecule has 0 amide bonds. The Morgan fingerprint density at radius 3 is 2.76 bits per heavy atom. The molecule has 0 aliphatic heterocycles. The van der Waals surface area contributed by atoms with Gasteiger partial charge in [0.2, 0.25) is 11.0 Å². The SMILES string of the molecule is COc1ccc(-c2nc(SCc3ncc(C(C)C)o3)n[nH]2)c(OC)c1. The van der Waals surface area contributed by atoms with Gasteiger partial charge in [0.1, 0.15) is 17.3 Å². The number of H-pyrrole nitrogens is 1. The molecule has 0 saturated heterocycles. The molecule has 0 atom stereocenters. The highest BCUT2D eigenvalue weighted by Gasteiger charge is 2.14. The monoisotopic (exact) mass is 360 g/mol. The number of thioether (sulfide) groups is 1. The third-order valence-electron chi connectivity index (χ3n) is 3.59. The van der Waals surface area contributed by atoms with E-state index < -0.39 is 0 Å². The molecule has 0 spiro atoms. The van der Waals surface area contributed by atoms with Crippen molar-refractivity contribution in [3.8, 4) is 22.9 Å². The summed E-state index contributed by atoms with van der Waals surface area (Å²) in [5.41, 5.74) is 0.820. The van der Waals surface area contributed by atoms with Crippen molar-refractivity contribution in [2.24, 2.45) is 0 Å². The van der Waals surface area contributed by atoms with Crippen LogP contribution >= 0.6 is 11.8 Å². The lowest BCUT2D eigenvalue weighted by molar-refractivity contribution is 0.395. The molecule has 2 heterocycles. The van der Waals surface area contributed by atoms with Crippen molar-refractivity contribution >= 4 is 11.8 Å². The number of aromatic amines is 1. The Bertz CT molecular complexity index is 844. The summed E-state index contributed by atoms with van der Waals surface area (Å²) < 4.78 is 16.3. The topological polar surface area (TPSA) is 86.1 Å². The van der Waals surface area contributed by atoms with Crippen LogP contribution in [0.3, 0.4) is 0 Å². The number of nitrogens with zero attached hydrogens (tertiary/aromatic N) is 3. The number of hydrogen-bond acceptors (Lipinski definition) is 7. The molecule has 1 aromatic carbocycles. The fourth-order valence-electron chi connectivity index (χ4n) is 2.21. The van der Waals surface area contributed by atoms with E-state index in [0.717, 1.165) is 17.1 Å². The normalized spacial score (nSPS) is 11.1. The first kappa shape index (κ1) is 17.3.